The van der Waals surface area contributed by atoms with Crippen LogP contribution in [0.4, 0.5) is 24.5 Å². The second-order valence-corrected chi connectivity index (χ2v) is 5.39. The smallest absolute Gasteiger partial charge is 0.417 e. The molecule has 0 amide bonds. The van der Waals surface area contributed by atoms with Gasteiger partial charge in [0, 0.05) is 30.3 Å². The van der Waals surface area contributed by atoms with Crippen molar-refractivity contribution in [3.63, 3.8) is 0 Å². The summed E-state index contributed by atoms with van der Waals surface area (Å²) in [5.41, 5.74) is -0.318. The highest BCUT2D eigenvalue weighted by atomic mass is 19.4. The largest absolute Gasteiger partial charge is 0.423 e. The van der Waals surface area contributed by atoms with Gasteiger partial charge in [0.15, 0.2) is 5.76 Å². The Labute approximate surface area is 134 Å². The van der Waals surface area contributed by atoms with Crippen molar-refractivity contribution in [1.29, 1.82) is 0 Å². The van der Waals surface area contributed by atoms with E-state index in [9.17, 15) is 18.0 Å². The Morgan fingerprint density at radius 3 is 2.46 bits per heavy atom. The van der Waals surface area contributed by atoms with E-state index in [1.165, 1.54) is 18.2 Å². The molecule has 0 aliphatic heterocycles. The summed E-state index contributed by atoms with van der Waals surface area (Å²) in [5, 5.41) is 3.68. The molecule has 2 aromatic heterocycles. The fourth-order valence-electron chi connectivity index (χ4n) is 2.68. The van der Waals surface area contributed by atoms with Gasteiger partial charge in [0.1, 0.15) is 17.0 Å². The molecule has 0 radical (unpaired) electrons. The third kappa shape index (κ3) is 2.64. The van der Waals surface area contributed by atoms with Crippen LogP contribution >= 0.6 is 0 Å². The molecule has 0 bridgehead atoms. The molecule has 8 heteroatoms. The number of alkyl halides is 3. The Hall–Kier alpha value is -2.77. The minimum absolute atomic E-state index is 0.133. The van der Waals surface area contributed by atoms with Crippen LogP contribution in [-0.2, 0) is 6.18 Å². The molecule has 1 aromatic carbocycles. The first kappa shape index (κ1) is 16.1. The molecule has 0 N–H and O–H groups in total. The molecule has 3 aromatic rings. The van der Waals surface area contributed by atoms with E-state index in [0.29, 0.717) is 28.9 Å². The lowest BCUT2D eigenvalue weighted by atomic mass is 10.1. The predicted octanol–water partition coefficient (Wildman–Crippen LogP) is 4.18. The van der Waals surface area contributed by atoms with Crippen molar-refractivity contribution < 1.29 is 22.1 Å². The molecule has 2 heterocycles. The summed E-state index contributed by atoms with van der Waals surface area (Å²) in [6.07, 6.45) is -4.64. The number of anilines is 2. The Balaban J connectivity index is 2.18. The van der Waals surface area contributed by atoms with E-state index in [4.69, 9.17) is 8.94 Å². The number of nitrogens with zero attached hydrogens (tertiary/aromatic N) is 2. The lowest BCUT2D eigenvalue weighted by molar-refractivity contribution is -0.136. The van der Waals surface area contributed by atoms with E-state index in [0.717, 1.165) is 0 Å². The molecule has 126 valence electrons. The van der Waals surface area contributed by atoms with Crippen molar-refractivity contribution in [3.8, 4) is 0 Å². The number of hydrogen-bond acceptors (Lipinski definition) is 5. The fraction of sp³-hybridized carbons (Fsp3) is 0.250. The van der Waals surface area contributed by atoms with Crippen molar-refractivity contribution in [1.82, 2.24) is 5.16 Å². The van der Waals surface area contributed by atoms with Crippen LogP contribution in [0, 0.1) is 13.8 Å². The molecule has 3 rings (SSSR count). The van der Waals surface area contributed by atoms with E-state index in [2.05, 4.69) is 5.16 Å². The molecule has 0 atom stereocenters. The SMILES string of the molecule is Cc1noc(C)c1N(C)c1ccc2c(C(F)(F)F)cc(=O)oc2c1. The number of rotatable bonds is 2. The monoisotopic (exact) mass is 338 g/mol. The third-order valence-corrected chi connectivity index (χ3v) is 3.75. The molecule has 0 spiro atoms. The van der Waals surface area contributed by atoms with Gasteiger partial charge >= 0.3 is 11.8 Å². The topological polar surface area (TPSA) is 59.5 Å². The highest BCUT2D eigenvalue weighted by Gasteiger charge is 2.34. The van der Waals surface area contributed by atoms with Crippen molar-refractivity contribution in [2.45, 2.75) is 20.0 Å². The first-order valence-electron chi connectivity index (χ1n) is 7.00. The lowest BCUT2D eigenvalue weighted by Crippen LogP contribution is -2.13. The van der Waals surface area contributed by atoms with Crippen molar-refractivity contribution in [2.24, 2.45) is 0 Å². The van der Waals surface area contributed by atoms with Crippen LogP contribution < -0.4 is 10.5 Å². The number of aromatic nitrogens is 1. The summed E-state index contributed by atoms with van der Waals surface area (Å²) in [4.78, 5) is 13.2. The van der Waals surface area contributed by atoms with Crippen molar-refractivity contribution >= 4 is 22.3 Å². The minimum atomic E-state index is -4.64. The van der Waals surface area contributed by atoms with Crippen LogP contribution in [0.1, 0.15) is 17.0 Å². The summed E-state index contributed by atoms with van der Waals surface area (Å²) < 4.78 is 49.3. The summed E-state index contributed by atoms with van der Waals surface area (Å²) >= 11 is 0. The van der Waals surface area contributed by atoms with Gasteiger partial charge < -0.3 is 13.8 Å². The van der Waals surface area contributed by atoms with Gasteiger partial charge in [0.05, 0.1) is 5.56 Å². The molecule has 5 nitrogen and oxygen atoms in total. The van der Waals surface area contributed by atoms with Gasteiger partial charge in [-0.25, -0.2) is 4.79 Å². The maximum atomic E-state index is 13.1. The molecule has 0 saturated carbocycles. The quantitative estimate of drug-likeness (QED) is 0.656. The summed E-state index contributed by atoms with van der Waals surface area (Å²) in [5.74, 6) is 0.570. The molecule has 24 heavy (non-hydrogen) atoms. The highest BCUT2D eigenvalue weighted by molar-refractivity contribution is 5.85. The van der Waals surface area contributed by atoms with Crippen molar-refractivity contribution in [3.05, 3.63) is 51.7 Å². The van der Waals surface area contributed by atoms with Gasteiger partial charge in [-0.05, 0) is 26.0 Å². The van der Waals surface area contributed by atoms with Gasteiger partial charge in [-0.3, -0.25) is 0 Å². The van der Waals surface area contributed by atoms with E-state index in [1.54, 1.807) is 25.8 Å². The Morgan fingerprint density at radius 1 is 1.17 bits per heavy atom. The van der Waals surface area contributed by atoms with E-state index in [1.807, 2.05) is 0 Å². The van der Waals surface area contributed by atoms with Crippen LogP contribution in [0.3, 0.4) is 0 Å². The van der Waals surface area contributed by atoms with E-state index >= 15 is 0 Å². The Bertz CT molecular complexity index is 953. The first-order chi connectivity index (χ1) is 11.2. The molecule has 0 unspecified atom stereocenters. The average Bonchev–Trinajstić information content (AvgIpc) is 2.83. The number of aryl methyl sites for hydroxylation is 2. The fourth-order valence-corrected chi connectivity index (χ4v) is 2.68. The van der Waals surface area contributed by atoms with Gasteiger partial charge in [-0.2, -0.15) is 13.2 Å². The van der Waals surface area contributed by atoms with Gasteiger partial charge in [-0.15, -0.1) is 0 Å². The Morgan fingerprint density at radius 2 is 1.88 bits per heavy atom. The highest BCUT2D eigenvalue weighted by Crippen LogP contribution is 2.36. The molecular weight excluding hydrogens is 325 g/mol. The minimum Gasteiger partial charge on any atom is -0.423 e. The van der Waals surface area contributed by atoms with Crippen molar-refractivity contribution in [2.75, 3.05) is 11.9 Å². The zero-order valence-electron chi connectivity index (χ0n) is 13.1. The molecular formula is C16H13F3N2O3. The lowest BCUT2D eigenvalue weighted by Gasteiger charge is -2.19. The van der Waals surface area contributed by atoms with Gasteiger partial charge in [0.2, 0.25) is 0 Å². The van der Waals surface area contributed by atoms with Crippen LogP contribution in [0.15, 0.2) is 38.0 Å². The van der Waals surface area contributed by atoms with Crippen LogP contribution in [0.2, 0.25) is 0 Å². The summed E-state index contributed by atoms with van der Waals surface area (Å²) in [6, 6.07) is 4.65. The average molecular weight is 338 g/mol. The maximum absolute atomic E-state index is 13.1. The number of hydrogen-bond donors (Lipinski definition) is 0. The predicted molar refractivity (Wildman–Crippen MR) is 81.5 cm³/mol. The summed E-state index contributed by atoms with van der Waals surface area (Å²) in [6.45, 7) is 3.49. The normalized spacial score (nSPS) is 11.9. The van der Waals surface area contributed by atoms with Crippen LogP contribution in [0.5, 0.6) is 0 Å². The second-order valence-electron chi connectivity index (χ2n) is 5.39. The van der Waals surface area contributed by atoms with Crippen LogP contribution in [-0.4, -0.2) is 12.2 Å². The first-order valence-corrected chi connectivity index (χ1v) is 7.00. The summed E-state index contributed by atoms with van der Waals surface area (Å²) in [7, 11) is 1.72. The molecule has 0 aliphatic rings. The number of halogens is 3. The molecule has 0 saturated heterocycles. The standard InChI is InChI=1S/C16H13F3N2O3/c1-8-15(9(2)24-20-8)21(3)10-4-5-11-12(16(17,18)19)7-14(22)23-13(11)6-10/h4-7H,1-3H3. The van der Waals surface area contributed by atoms with E-state index in [-0.39, 0.29) is 11.0 Å². The molecule has 0 fully saturated rings. The van der Waals surface area contributed by atoms with Gasteiger partial charge in [0.25, 0.3) is 0 Å². The van der Waals surface area contributed by atoms with Crippen LogP contribution in [0.25, 0.3) is 11.0 Å². The molecule has 0 aliphatic carbocycles. The zero-order chi connectivity index (χ0) is 17.6. The zero-order valence-corrected chi connectivity index (χ0v) is 13.1. The maximum Gasteiger partial charge on any atom is 0.417 e. The van der Waals surface area contributed by atoms with E-state index < -0.39 is 17.4 Å². The third-order valence-electron chi connectivity index (χ3n) is 3.75. The number of fused-ring (bicyclic) bond motifs is 1. The Kier molecular flexibility index (Phi) is 3.62. The second kappa shape index (κ2) is 5.40. The number of benzene rings is 1. The van der Waals surface area contributed by atoms with Gasteiger partial charge in [-0.1, -0.05) is 5.16 Å².